The standard InChI is InChI=1S/C41H42N2O7/c1-5-29-11-13-32(14-12-29)40(45)49-35-23-15-30(16-24-35)37(6-2)42-43-38(7-3)31-17-25-36(26-18-31)50-41(46)33-19-21-34(22-20-33)47-27-9-10-28-48-39(44)8-4/h8,11-26H,4-7,9-10,27-28H2,1-3H3/b42-37+,43-38+. The van der Waals surface area contributed by atoms with Gasteiger partial charge in [-0.1, -0.05) is 39.5 Å². The molecule has 9 heteroatoms. The Bertz CT molecular complexity index is 1790. The molecule has 0 bridgehead atoms. The molecular weight excluding hydrogens is 632 g/mol. The number of esters is 3. The number of hydrogen-bond donors (Lipinski definition) is 0. The van der Waals surface area contributed by atoms with Crippen molar-refractivity contribution in [1.29, 1.82) is 0 Å². The molecule has 50 heavy (non-hydrogen) atoms. The van der Waals surface area contributed by atoms with Crippen LogP contribution in [-0.2, 0) is 16.0 Å². The van der Waals surface area contributed by atoms with E-state index in [2.05, 4.69) is 23.7 Å². The highest BCUT2D eigenvalue weighted by Crippen LogP contribution is 2.20. The Morgan fingerprint density at radius 3 is 1.44 bits per heavy atom. The number of rotatable bonds is 17. The van der Waals surface area contributed by atoms with Crippen molar-refractivity contribution < 1.29 is 33.3 Å². The van der Waals surface area contributed by atoms with E-state index in [-0.39, 0.29) is 0 Å². The molecule has 0 heterocycles. The van der Waals surface area contributed by atoms with Crippen molar-refractivity contribution in [2.75, 3.05) is 13.2 Å². The lowest BCUT2D eigenvalue weighted by molar-refractivity contribution is -0.137. The Kier molecular flexibility index (Phi) is 14.2. The highest BCUT2D eigenvalue weighted by atomic mass is 16.5. The van der Waals surface area contributed by atoms with Gasteiger partial charge >= 0.3 is 17.9 Å². The molecule has 0 amide bonds. The van der Waals surface area contributed by atoms with Crippen LogP contribution in [0.15, 0.2) is 120 Å². The molecule has 9 nitrogen and oxygen atoms in total. The van der Waals surface area contributed by atoms with Crippen LogP contribution in [0.1, 0.15) is 83.9 Å². The molecular formula is C41H42N2O7. The Balaban J connectivity index is 1.30. The van der Waals surface area contributed by atoms with Crippen molar-refractivity contribution >= 4 is 29.3 Å². The van der Waals surface area contributed by atoms with E-state index in [0.29, 0.717) is 67.3 Å². The van der Waals surface area contributed by atoms with E-state index in [4.69, 9.17) is 18.9 Å². The number of benzene rings is 4. The average molecular weight is 675 g/mol. The van der Waals surface area contributed by atoms with E-state index in [0.717, 1.165) is 40.6 Å². The van der Waals surface area contributed by atoms with Gasteiger partial charge in [0.2, 0.25) is 0 Å². The molecule has 0 aliphatic carbocycles. The van der Waals surface area contributed by atoms with Crippen LogP contribution in [0.25, 0.3) is 0 Å². The number of hydrogen-bond acceptors (Lipinski definition) is 9. The third-order valence-corrected chi connectivity index (χ3v) is 7.66. The van der Waals surface area contributed by atoms with E-state index in [1.54, 1.807) is 60.7 Å². The summed E-state index contributed by atoms with van der Waals surface area (Å²) in [5.41, 5.74) is 5.36. The Labute approximate surface area is 293 Å². The summed E-state index contributed by atoms with van der Waals surface area (Å²) in [5.74, 6) is 0.156. The van der Waals surface area contributed by atoms with E-state index in [9.17, 15) is 14.4 Å². The fraction of sp³-hybridized carbons (Fsp3) is 0.244. The summed E-state index contributed by atoms with van der Waals surface area (Å²) in [4.78, 5) is 36.3. The fourth-order valence-corrected chi connectivity index (χ4v) is 4.74. The molecule has 0 radical (unpaired) electrons. The summed E-state index contributed by atoms with van der Waals surface area (Å²) in [7, 11) is 0. The molecule has 4 rings (SSSR count). The summed E-state index contributed by atoms with van der Waals surface area (Å²) in [5, 5.41) is 9.11. The monoisotopic (exact) mass is 674 g/mol. The molecule has 0 saturated heterocycles. The lowest BCUT2D eigenvalue weighted by Gasteiger charge is -2.09. The minimum Gasteiger partial charge on any atom is -0.494 e. The van der Waals surface area contributed by atoms with Gasteiger partial charge in [-0.05, 0) is 134 Å². The van der Waals surface area contributed by atoms with Crippen molar-refractivity contribution in [2.45, 2.75) is 52.9 Å². The van der Waals surface area contributed by atoms with Crippen LogP contribution < -0.4 is 14.2 Å². The number of nitrogens with zero attached hydrogens (tertiary/aromatic N) is 2. The van der Waals surface area contributed by atoms with Gasteiger partial charge in [0.15, 0.2) is 0 Å². The summed E-state index contributed by atoms with van der Waals surface area (Å²) in [6.45, 7) is 10.2. The van der Waals surface area contributed by atoms with Gasteiger partial charge in [-0.3, -0.25) is 0 Å². The van der Waals surface area contributed by atoms with Gasteiger partial charge < -0.3 is 18.9 Å². The molecule has 0 saturated carbocycles. The van der Waals surface area contributed by atoms with Crippen LogP contribution in [0.2, 0.25) is 0 Å². The highest BCUT2D eigenvalue weighted by Gasteiger charge is 2.12. The van der Waals surface area contributed by atoms with Crippen LogP contribution in [0.5, 0.6) is 17.2 Å². The minimum atomic E-state index is -0.485. The molecule has 0 aliphatic rings. The molecule has 4 aromatic carbocycles. The zero-order valence-electron chi connectivity index (χ0n) is 28.7. The predicted octanol–water partition coefficient (Wildman–Crippen LogP) is 8.59. The summed E-state index contributed by atoms with van der Waals surface area (Å²) in [6.07, 6.45) is 4.72. The van der Waals surface area contributed by atoms with Gasteiger partial charge in [-0.15, -0.1) is 0 Å². The predicted molar refractivity (Wildman–Crippen MR) is 195 cm³/mol. The molecule has 0 atom stereocenters. The SMILES string of the molecule is C=CC(=O)OCCCCOc1ccc(C(=O)Oc2ccc(/C(CC)=N/N=C(\CC)c3ccc(OC(=O)c4ccc(CC)cc4)cc3)cc2)cc1. The van der Waals surface area contributed by atoms with Gasteiger partial charge in [0.25, 0.3) is 0 Å². The first-order valence-corrected chi connectivity index (χ1v) is 16.7. The maximum atomic E-state index is 12.7. The molecule has 4 aromatic rings. The summed E-state index contributed by atoms with van der Waals surface area (Å²) < 4.78 is 21.8. The van der Waals surface area contributed by atoms with Crippen molar-refractivity contribution in [3.63, 3.8) is 0 Å². The maximum absolute atomic E-state index is 12.7. The topological polar surface area (TPSA) is 113 Å². The van der Waals surface area contributed by atoms with Crippen LogP contribution in [0.3, 0.4) is 0 Å². The Hall–Kier alpha value is -5.83. The zero-order valence-corrected chi connectivity index (χ0v) is 28.7. The largest absolute Gasteiger partial charge is 0.494 e. The summed E-state index contributed by atoms with van der Waals surface area (Å²) >= 11 is 0. The van der Waals surface area contributed by atoms with Crippen LogP contribution >= 0.6 is 0 Å². The van der Waals surface area contributed by atoms with Crippen molar-refractivity contribution in [1.82, 2.24) is 0 Å². The molecule has 0 fully saturated rings. The number of aryl methyl sites for hydroxylation is 1. The highest BCUT2D eigenvalue weighted by molar-refractivity contribution is 6.03. The second-order valence-corrected chi connectivity index (χ2v) is 11.1. The van der Waals surface area contributed by atoms with E-state index >= 15 is 0 Å². The van der Waals surface area contributed by atoms with Crippen molar-refractivity contribution in [3.8, 4) is 17.2 Å². The van der Waals surface area contributed by atoms with Crippen LogP contribution in [0, 0.1) is 0 Å². The Morgan fingerprint density at radius 2 is 1.00 bits per heavy atom. The smallest absolute Gasteiger partial charge is 0.343 e. The normalized spacial score (nSPS) is 11.4. The fourth-order valence-electron chi connectivity index (χ4n) is 4.74. The van der Waals surface area contributed by atoms with Gasteiger partial charge in [0.1, 0.15) is 17.2 Å². The quantitative estimate of drug-likeness (QED) is 0.0275. The number of carbonyl (C=O) groups is 3. The molecule has 0 unspecified atom stereocenters. The average Bonchev–Trinajstić information content (AvgIpc) is 3.16. The first-order chi connectivity index (χ1) is 24.3. The first kappa shape index (κ1) is 37.0. The van der Waals surface area contributed by atoms with E-state index in [1.165, 1.54) is 0 Å². The molecule has 258 valence electrons. The lowest BCUT2D eigenvalue weighted by atomic mass is 10.1. The minimum absolute atomic E-state index is 0.313. The van der Waals surface area contributed by atoms with Gasteiger partial charge in [-0.2, -0.15) is 10.2 Å². The first-order valence-electron chi connectivity index (χ1n) is 16.7. The number of carbonyl (C=O) groups excluding carboxylic acids is 3. The molecule has 0 aromatic heterocycles. The maximum Gasteiger partial charge on any atom is 0.343 e. The van der Waals surface area contributed by atoms with Gasteiger partial charge in [-0.25, -0.2) is 14.4 Å². The Morgan fingerprint density at radius 1 is 0.580 bits per heavy atom. The van der Waals surface area contributed by atoms with Crippen LogP contribution in [0.4, 0.5) is 0 Å². The molecule has 0 aliphatic heterocycles. The lowest BCUT2D eigenvalue weighted by Crippen LogP contribution is -2.09. The van der Waals surface area contributed by atoms with Gasteiger partial charge in [0, 0.05) is 6.08 Å². The second-order valence-electron chi connectivity index (χ2n) is 11.1. The number of unbranched alkanes of at least 4 members (excludes halogenated alkanes) is 1. The molecule has 0 N–H and O–H groups in total. The van der Waals surface area contributed by atoms with Gasteiger partial charge in [0.05, 0.1) is 35.8 Å². The van der Waals surface area contributed by atoms with E-state index in [1.807, 2.05) is 50.2 Å². The van der Waals surface area contributed by atoms with Crippen molar-refractivity contribution in [2.24, 2.45) is 10.2 Å². The van der Waals surface area contributed by atoms with Crippen molar-refractivity contribution in [3.05, 3.63) is 138 Å². The molecule has 0 spiro atoms. The third kappa shape index (κ3) is 11.1. The summed E-state index contributed by atoms with van der Waals surface area (Å²) in [6, 6.07) is 28.5. The zero-order chi connectivity index (χ0) is 35.7. The third-order valence-electron chi connectivity index (χ3n) is 7.66. The van der Waals surface area contributed by atoms with Crippen LogP contribution in [-0.4, -0.2) is 42.5 Å². The van der Waals surface area contributed by atoms with E-state index < -0.39 is 17.9 Å². The second kappa shape index (κ2) is 19.2. The number of ether oxygens (including phenoxy) is 4.